The van der Waals surface area contributed by atoms with E-state index in [9.17, 15) is 4.79 Å². The number of aromatic nitrogens is 1. The number of thiazole rings is 1. The minimum Gasteiger partial charge on any atom is -0.431 e. The van der Waals surface area contributed by atoms with Crippen molar-refractivity contribution in [2.75, 3.05) is 32.7 Å². The van der Waals surface area contributed by atoms with Crippen molar-refractivity contribution in [3.8, 4) is 0 Å². The smallest absolute Gasteiger partial charge is 0.431 e. The van der Waals surface area contributed by atoms with Gasteiger partial charge in [-0.05, 0) is 21.0 Å². The monoisotopic (exact) mass is 230 g/mol. The summed E-state index contributed by atoms with van der Waals surface area (Å²) in [5.41, 5.74) is 0. The van der Waals surface area contributed by atoms with E-state index in [0.717, 1.165) is 5.13 Å². The summed E-state index contributed by atoms with van der Waals surface area (Å²) < 4.78 is 6.38. The summed E-state index contributed by atoms with van der Waals surface area (Å²) in [6.07, 6.45) is 1.35. The maximum atomic E-state index is 11.5. The van der Waals surface area contributed by atoms with Crippen LogP contribution >= 0.6 is 11.3 Å². The van der Waals surface area contributed by atoms with Gasteiger partial charge in [-0.1, -0.05) is 11.3 Å². The first-order chi connectivity index (χ1) is 7.15. The fourth-order valence-corrected chi connectivity index (χ4v) is 1.68. The Bertz CT molecular complexity index is 325. The molecular weight excluding hydrogens is 214 g/mol. The molecule has 0 amide bonds. The van der Waals surface area contributed by atoms with Crippen molar-refractivity contribution >= 4 is 22.6 Å². The van der Waals surface area contributed by atoms with E-state index in [2.05, 4.69) is 5.32 Å². The van der Waals surface area contributed by atoms with Gasteiger partial charge >= 0.3 is 11.2 Å². The molecule has 5 nitrogen and oxygen atoms in total. The number of anilines is 1. The SMILES string of the molecule is CCOC(=O)[n+]1ccsc1NCN(C)C. The third kappa shape index (κ3) is 3.49. The van der Waals surface area contributed by atoms with Gasteiger partial charge in [0.2, 0.25) is 0 Å². The number of carbonyl (C=O) groups excluding carboxylic acids is 1. The minimum absolute atomic E-state index is 0.347. The highest BCUT2D eigenvalue weighted by Gasteiger charge is 2.19. The van der Waals surface area contributed by atoms with Crippen LogP contribution in [-0.4, -0.2) is 38.4 Å². The zero-order valence-corrected chi connectivity index (χ0v) is 10.0. The second kappa shape index (κ2) is 5.67. The molecule has 6 heteroatoms. The van der Waals surface area contributed by atoms with Crippen LogP contribution in [0.1, 0.15) is 6.92 Å². The van der Waals surface area contributed by atoms with Crippen LogP contribution in [0.4, 0.5) is 9.93 Å². The zero-order valence-electron chi connectivity index (χ0n) is 9.19. The third-order valence-corrected chi connectivity index (χ3v) is 2.44. The molecule has 0 atom stereocenters. The Morgan fingerprint density at radius 1 is 1.67 bits per heavy atom. The number of hydrogen-bond acceptors (Lipinski definition) is 5. The van der Waals surface area contributed by atoms with Gasteiger partial charge in [0.05, 0.1) is 6.61 Å². The van der Waals surface area contributed by atoms with Crippen LogP contribution < -0.4 is 9.88 Å². The van der Waals surface area contributed by atoms with Crippen molar-refractivity contribution in [3.63, 3.8) is 0 Å². The molecule has 1 rings (SSSR count). The van der Waals surface area contributed by atoms with Crippen LogP contribution in [0, 0.1) is 0 Å². The molecule has 0 saturated heterocycles. The van der Waals surface area contributed by atoms with Crippen LogP contribution in [0.15, 0.2) is 11.6 Å². The molecule has 0 aliphatic carbocycles. The summed E-state index contributed by atoms with van der Waals surface area (Å²) in [4.78, 5) is 13.4. The predicted molar refractivity (Wildman–Crippen MR) is 59.1 cm³/mol. The van der Waals surface area contributed by atoms with E-state index in [1.165, 1.54) is 15.9 Å². The molecule has 1 N–H and O–H groups in total. The molecule has 84 valence electrons. The van der Waals surface area contributed by atoms with Gasteiger partial charge in [0.1, 0.15) is 12.9 Å². The van der Waals surface area contributed by atoms with Crippen molar-refractivity contribution in [1.29, 1.82) is 0 Å². The van der Waals surface area contributed by atoms with Crippen LogP contribution in [0.25, 0.3) is 0 Å². The van der Waals surface area contributed by atoms with E-state index in [4.69, 9.17) is 4.74 Å². The molecule has 0 spiro atoms. The molecule has 1 aromatic rings. The van der Waals surface area contributed by atoms with Gasteiger partial charge in [-0.2, -0.15) is 4.79 Å². The standard InChI is InChI=1S/C9H15N3O2S/c1-4-14-9(13)12-5-6-15-8(12)10-7-11(2)3/h5-6H,4,7H2,1-3H3/p+1. The predicted octanol–water partition coefficient (Wildman–Crippen LogP) is 0.971. The first-order valence-electron chi connectivity index (χ1n) is 4.70. The Balaban J connectivity index is 2.64. The van der Waals surface area contributed by atoms with E-state index in [0.29, 0.717) is 13.3 Å². The van der Waals surface area contributed by atoms with Crippen molar-refractivity contribution in [3.05, 3.63) is 11.6 Å². The molecule has 0 aliphatic heterocycles. The van der Waals surface area contributed by atoms with Gasteiger partial charge in [0.15, 0.2) is 0 Å². The summed E-state index contributed by atoms with van der Waals surface area (Å²) in [5, 5.41) is 5.76. The Morgan fingerprint density at radius 3 is 3.00 bits per heavy atom. The normalized spacial score (nSPS) is 10.4. The lowest BCUT2D eigenvalue weighted by atomic mass is 10.8. The molecule has 0 bridgehead atoms. The van der Waals surface area contributed by atoms with E-state index >= 15 is 0 Å². The summed E-state index contributed by atoms with van der Waals surface area (Å²) >= 11 is 1.47. The van der Waals surface area contributed by atoms with Crippen molar-refractivity contribution in [2.45, 2.75) is 6.92 Å². The van der Waals surface area contributed by atoms with Crippen LogP contribution in [0.3, 0.4) is 0 Å². The molecule has 15 heavy (non-hydrogen) atoms. The molecular formula is C9H16N3O2S+. The number of nitrogens with zero attached hydrogens (tertiary/aromatic N) is 2. The number of ether oxygens (including phenoxy) is 1. The Kier molecular flexibility index (Phi) is 4.51. The Morgan fingerprint density at radius 2 is 2.40 bits per heavy atom. The average molecular weight is 230 g/mol. The molecule has 0 unspecified atom stereocenters. The lowest BCUT2D eigenvalue weighted by Gasteiger charge is -2.06. The Labute approximate surface area is 93.3 Å². The average Bonchev–Trinajstić information content (AvgIpc) is 2.62. The summed E-state index contributed by atoms with van der Waals surface area (Å²) in [6, 6.07) is 0. The Hall–Kier alpha value is -1.14. The molecule has 0 aromatic carbocycles. The fraction of sp³-hybridized carbons (Fsp3) is 0.556. The largest absolute Gasteiger partial charge is 0.512 e. The minimum atomic E-state index is -0.347. The quantitative estimate of drug-likeness (QED) is 0.618. The highest BCUT2D eigenvalue weighted by molar-refractivity contribution is 7.13. The van der Waals surface area contributed by atoms with E-state index < -0.39 is 0 Å². The number of rotatable bonds is 4. The highest BCUT2D eigenvalue weighted by Crippen LogP contribution is 2.08. The van der Waals surface area contributed by atoms with E-state index in [1.54, 1.807) is 13.1 Å². The lowest BCUT2D eigenvalue weighted by molar-refractivity contribution is -0.566. The summed E-state index contributed by atoms with van der Waals surface area (Å²) in [5.74, 6) is 0. The number of hydrogen-bond donors (Lipinski definition) is 1. The lowest BCUT2D eigenvalue weighted by Crippen LogP contribution is -2.44. The highest BCUT2D eigenvalue weighted by atomic mass is 32.1. The van der Waals surface area contributed by atoms with Crippen LogP contribution in [0.5, 0.6) is 0 Å². The van der Waals surface area contributed by atoms with Crippen LogP contribution in [0.2, 0.25) is 0 Å². The van der Waals surface area contributed by atoms with Gasteiger partial charge in [-0.3, -0.25) is 10.2 Å². The molecule has 0 radical (unpaired) electrons. The molecule has 0 aliphatic rings. The summed E-state index contributed by atoms with van der Waals surface area (Å²) in [6.45, 7) is 2.85. The maximum Gasteiger partial charge on any atom is 0.512 e. The number of nitrogens with one attached hydrogen (secondary N) is 1. The second-order valence-corrected chi connectivity index (χ2v) is 4.09. The van der Waals surface area contributed by atoms with E-state index in [1.807, 2.05) is 24.4 Å². The van der Waals surface area contributed by atoms with Gasteiger partial charge in [0.25, 0.3) is 0 Å². The first-order valence-corrected chi connectivity index (χ1v) is 5.58. The zero-order chi connectivity index (χ0) is 11.3. The fourth-order valence-electron chi connectivity index (χ4n) is 0.970. The second-order valence-electron chi connectivity index (χ2n) is 3.19. The van der Waals surface area contributed by atoms with Gasteiger partial charge in [0, 0.05) is 5.38 Å². The van der Waals surface area contributed by atoms with Gasteiger partial charge in [-0.15, -0.1) is 4.57 Å². The molecule has 1 heterocycles. The van der Waals surface area contributed by atoms with Gasteiger partial charge < -0.3 is 4.74 Å². The molecule has 0 fully saturated rings. The van der Waals surface area contributed by atoms with E-state index in [-0.39, 0.29) is 6.09 Å². The van der Waals surface area contributed by atoms with Crippen molar-refractivity contribution in [1.82, 2.24) is 4.90 Å². The summed E-state index contributed by atoms with van der Waals surface area (Å²) in [7, 11) is 3.91. The van der Waals surface area contributed by atoms with Crippen molar-refractivity contribution in [2.24, 2.45) is 0 Å². The molecule has 1 aromatic heterocycles. The first kappa shape index (κ1) is 11.9. The third-order valence-electron chi connectivity index (χ3n) is 1.62. The number of carbonyl (C=O) groups is 1. The van der Waals surface area contributed by atoms with Crippen molar-refractivity contribution < 1.29 is 14.1 Å². The topological polar surface area (TPSA) is 45.5 Å². The van der Waals surface area contributed by atoms with Crippen LogP contribution in [-0.2, 0) is 4.74 Å². The maximum absolute atomic E-state index is 11.5. The van der Waals surface area contributed by atoms with Gasteiger partial charge in [-0.25, -0.2) is 0 Å². The molecule has 0 saturated carbocycles.